The van der Waals surface area contributed by atoms with Crippen LogP contribution in [0.15, 0.2) is 36.4 Å². The van der Waals surface area contributed by atoms with Crippen molar-refractivity contribution in [1.82, 2.24) is 9.97 Å². The highest BCUT2D eigenvalue weighted by Gasteiger charge is 2.05. The molecule has 0 aliphatic carbocycles. The molecule has 0 spiro atoms. The average Bonchev–Trinajstić information content (AvgIpc) is 2.36. The minimum atomic E-state index is -0.559. The number of carbonyl (C=O) groups is 1. The van der Waals surface area contributed by atoms with Crippen molar-refractivity contribution < 1.29 is 9.53 Å². The van der Waals surface area contributed by atoms with Crippen molar-refractivity contribution in [2.24, 2.45) is 0 Å². The fourth-order valence-electron chi connectivity index (χ4n) is 1.51. The molecule has 0 fully saturated rings. The van der Waals surface area contributed by atoms with Crippen LogP contribution in [0.5, 0.6) is 0 Å². The number of rotatable bonds is 3. The molecule has 2 aromatic rings. The van der Waals surface area contributed by atoms with Gasteiger partial charge >= 0.3 is 6.09 Å². The minimum Gasteiger partial charge on any atom is -0.444 e. The smallest absolute Gasteiger partial charge is 0.413 e. The van der Waals surface area contributed by atoms with Crippen molar-refractivity contribution in [3.63, 3.8) is 0 Å². The minimum absolute atomic E-state index is 0.214. The van der Waals surface area contributed by atoms with Crippen molar-refractivity contribution in [2.45, 2.75) is 13.5 Å². The number of nitrogens with zero attached hydrogens (tertiary/aromatic N) is 1. The van der Waals surface area contributed by atoms with E-state index in [1.54, 1.807) is 6.07 Å². The van der Waals surface area contributed by atoms with Gasteiger partial charge in [0.1, 0.15) is 12.4 Å². The van der Waals surface area contributed by atoms with E-state index in [2.05, 4.69) is 15.3 Å². The van der Waals surface area contributed by atoms with Gasteiger partial charge in [0.15, 0.2) is 4.77 Å². The van der Waals surface area contributed by atoms with Gasteiger partial charge in [0.25, 0.3) is 0 Å². The van der Waals surface area contributed by atoms with Gasteiger partial charge in [-0.25, -0.2) is 9.78 Å². The number of anilines is 1. The highest BCUT2D eigenvalue weighted by atomic mass is 32.1. The first-order valence-electron chi connectivity index (χ1n) is 5.69. The van der Waals surface area contributed by atoms with Crippen molar-refractivity contribution in [1.29, 1.82) is 0 Å². The Labute approximate surface area is 115 Å². The van der Waals surface area contributed by atoms with Crippen LogP contribution in [0.25, 0.3) is 0 Å². The number of amides is 1. The number of aromatic nitrogens is 2. The van der Waals surface area contributed by atoms with E-state index >= 15 is 0 Å². The van der Waals surface area contributed by atoms with E-state index in [-0.39, 0.29) is 6.61 Å². The molecule has 0 aliphatic heterocycles. The molecule has 6 heteroatoms. The average molecular weight is 275 g/mol. The predicted molar refractivity (Wildman–Crippen MR) is 74.4 cm³/mol. The van der Waals surface area contributed by atoms with Gasteiger partial charge in [0.05, 0.1) is 0 Å². The van der Waals surface area contributed by atoms with Gasteiger partial charge in [-0.2, -0.15) is 0 Å². The monoisotopic (exact) mass is 275 g/mol. The second-order valence-corrected chi connectivity index (χ2v) is 4.33. The van der Waals surface area contributed by atoms with Crippen LogP contribution in [-0.2, 0) is 11.3 Å². The van der Waals surface area contributed by atoms with Crippen molar-refractivity contribution in [2.75, 3.05) is 5.32 Å². The summed E-state index contributed by atoms with van der Waals surface area (Å²) in [7, 11) is 0. The van der Waals surface area contributed by atoms with Crippen LogP contribution in [0.4, 0.5) is 10.6 Å². The maximum atomic E-state index is 11.6. The zero-order valence-corrected chi connectivity index (χ0v) is 11.2. The lowest BCUT2D eigenvalue weighted by Crippen LogP contribution is -2.14. The third-order valence-corrected chi connectivity index (χ3v) is 2.52. The van der Waals surface area contributed by atoms with Gasteiger partial charge in [-0.1, -0.05) is 30.3 Å². The zero-order valence-electron chi connectivity index (χ0n) is 10.3. The number of hydrogen-bond donors (Lipinski definition) is 2. The van der Waals surface area contributed by atoms with E-state index in [0.717, 1.165) is 11.3 Å². The van der Waals surface area contributed by atoms with E-state index in [1.165, 1.54) is 0 Å². The Kier molecular flexibility index (Phi) is 4.25. The number of nitrogens with one attached hydrogen (secondary N) is 2. The molecule has 0 saturated heterocycles. The Hall–Kier alpha value is -2.21. The standard InChI is InChI=1S/C13H13N3O2S/c1-9-7-11(15-12(19)14-9)16-13(17)18-8-10-5-3-2-4-6-10/h2-7H,8H2,1H3,(H2,14,15,16,17,19). The lowest BCUT2D eigenvalue weighted by Gasteiger charge is -2.06. The van der Waals surface area contributed by atoms with Gasteiger partial charge in [-0.3, -0.25) is 5.32 Å². The zero-order chi connectivity index (χ0) is 13.7. The summed E-state index contributed by atoms with van der Waals surface area (Å²) in [5.41, 5.74) is 1.74. The Morgan fingerprint density at radius 2 is 2.16 bits per heavy atom. The van der Waals surface area contributed by atoms with Crippen LogP contribution >= 0.6 is 12.2 Å². The van der Waals surface area contributed by atoms with Crippen LogP contribution in [0.2, 0.25) is 0 Å². The SMILES string of the molecule is Cc1cc(NC(=O)OCc2ccccc2)nc(=S)[nH]1. The molecule has 0 radical (unpaired) electrons. The number of benzene rings is 1. The second-order valence-electron chi connectivity index (χ2n) is 3.94. The van der Waals surface area contributed by atoms with Gasteiger partial charge in [-0.15, -0.1) is 0 Å². The molecular formula is C13H13N3O2S. The van der Waals surface area contributed by atoms with Crippen LogP contribution < -0.4 is 5.32 Å². The summed E-state index contributed by atoms with van der Waals surface area (Å²) in [6.07, 6.45) is -0.559. The highest BCUT2D eigenvalue weighted by Crippen LogP contribution is 2.06. The second kappa shape index (κ2) is 6.10. The molecule has 1 aromatic heterocycles. The highest BCUT2D eigenvalue weighted by molar-refractivity contribution is 7.71. The first-order chi connectivity index (χ1) is 9.13. The van der Waals surface area contributed by atoms with Crippen molar-refractivity contribution in [3.05, 3.63) is 52.4 Å². The molecule has 5 nitrogen and oxygen atoms in total. The first kappa shape index (κ1) is 13.2. The van der Waals surface area contributed by atoms with Gasteiger partial charge in [0, 0.05) is 11.8 Å². The Bertz CT molecular complexity index is 625. The van der Waals surface area contributed by atoms with Crippen LogP contribution in [0.3, 0.4) is 0 Å². The molecule has 0 bridgehead atoms. The molecule has 1 aromatic carbocycles. The molecule has 19 heavy (non-hydrogen) atoms. The largest absolute Gasteiger partial charge is 0.444 e. The van der Waals surface area contributed by atoms with E-state index in [9.17, 15) is 4.79 Å². The third-order valence-electron chi connectivity index (χ3n) is 2.32. The van der Waals surface area contributed by atoms with Gasteiger partial charge < -0.3 is 9.72 Å². The van der Waals surface area contributed by atoms with Gasteiger partial charge in [0.2, 0.25) is 0 Å². The molecule has 1 amide bonds. The van der Waals surface area contributed by atoms with Crippen LogP contribution in [-0.4, -0.2) is 16.1 Å². The number of aryl methyl sites for hydroxylation is 1. The molecular weight excluding hydrogens is 262 g/mol. The van der Waals surface area contributed by atoms with Crippen LogP contribution in [0, 0.1) is 11.7 Å². The first-order valence-corrected chi connectivity index (χ1v) is 6.10. The maximum Gasteiger partial charge on any atom is 0.413 e. The van der Waals surface area contributed by atoms with E-state index in [1.807, 2.05) is 37.3 Å². The number of carbonyl (C=O) groups excluding carboxylic acids is 1. The normalized spacial score (nSPS) is 9.95. The summed E-state index contributed by atoms with van der Waals surface area (Å²) in [5, 5.41) is 2.53. The number of hydrogen-bond acceptors (Lipinski definition) is 4. The quantitative estimate of drug-likeness (QED) is 0.844. The maximum absolute atomic E-state index is 11.6. The lowest BCUT2D eigenvalue weighted by atomic mass is 10.2. The van der Waals surface area contributed by atoms with E-state index in [4.69, 9.17) is 17.0 Å². The Morgan fingerprint density at radius 1 is 1.42 bits per heavy atom. The fraction of sp³-hybridized carbons (Fsp3) is 0.154. The Morgan fingerprint density at radius 3 is 2.84 bits per heavy atom. The summed E-state index contributed by atoms with van der Waals surface area (Å²) in [6, 6.07) is 11.1. The number of aromatic amines is 1. The predicted octanol–water partition coefficient (Wildman–Crippen LogP) is 3.20. The topological polar surface area (TPSA) is 67.0 Å². The lowest BCUT2D eigenvalue weighted by molar-refractivity contribution is 0.155. The van der Waals surface area contributed by atoms with Crippen LogP contribution in [0.1, 0.15) is 11.3 Å². The number of ether oxygens (including phenoxy) is 1. The molecule has 2 N–H and O–H groups in total. The summed E-state index contributed by atoms with van der Waals surface area (Å²) < 4.78 is 5.40. The summed E-state index contributed by atoms with van der Waals surface area (Å²) in [6.45, 7) is 2.04. The molecule has 0 aliphatic rings. The van der Waals surface area contributed by atoms with Gasteiger partial charge in [-0.05, 0) is 24.7 Å². The summed E-state index contributed by atoms with van der Waals surface area (Å²) in [4.78, 5) is 18.4. The molecule has 1 heterocycles. The van der Waals surface area contributed by atoms with Crippen molar-refractivity contribution in [3.8, 4) is 0 Å². The summed E-state index contributed by atoms with van der Waals surface area (Å²) >= 11 is 4.92. The molecule has 98 valence electrons. The van der Waals surface area contributed by atoms with Crippen molar-refractivity contribution >= 4 is 24.1 Å². The Balaban J connectivity index is 1.92. The molecule has 0 saturated carbocycles. The van der Waals surface area contributed by atoms with E-state index < -0.39 is 6.09 Å². The van der Waals surface area contributed by atoms with E-state index in [0.29, 0.717) is 10.6 Å². The fourth-order valence-corrected chi connectivity index (χ4v) is 1.77. The summed E-state index contributed by atoms with van der Waals surface area (Å²) in [5.74, 6) is 0.374. The molecule has 0 unspecified atom stereocenters. The molecule has 0 atom stereocenters. The molecule has 2 rings (SSSR count). The third kappa shape index (κ3) is 4.18. The number of H-pyrrole nitrogens is 1.